The fourth-order valence-corrected chi connectivity index (χ4v) is 2.01. The summed E-state index contributed by atoms with van der Waals surface area (Å²) in [6, 6.07) is 6.64. The molecule has 0 radical (unpaired) electrons. The summed E-state index contributed by atoms with van der Waals surface area (Å²) in [7, 11) is 0. The van der Waals surface area contributed by atoms with Crippen molar-refractivity contribution in [3.8, 4) is 5.75 Å². The summed E-state index contributed by atoms with van der Waals surface area (Å²) in [6.07, 6.45) is 2.92. The van der Waals surface area contributed by atoms with Crippen molar-refractivity contribution in [1.29, 1.82) is 0 Å². The van der Waals surface area contributed by atoms with E-state index >= 15 is 0 Å². The molecule has 2 aromatic rings. The predicted octanol–water partition coefficient (Wildman–Crippen LogP) is 3.06. The van der Waals surface area contributed by atoms with Crippen LogP contribution in [0.3, 0.4) is 0 Å². The Balaban J connectivity index is 2.48. The van der Waals surface area contributed by atoms with E-state index in [0.717, 1.165) is 30.2 Å². The van der Waals surface area contributed by atoms with E-state index in [0.29, 0.717) is 11.3 Å². The number of rotatable bonds is 4. The van der Waals surface area contributed by atoms with Gasteiger partial charge in [0.1, 0.15) is 11.3 Å². The first-order chi connectivity index (χ1) is 9.10. The topological polar surface area (TPSA) is 56.5 Å². The first kappa shape index (κ1) is 13.3. The molecule has 4 nitrogen and oxygen atoms in total. The molecule has 2 rings (SSSR count). The van der Waals surface area contributed by atoms with Crippen LogP contribution in [0.25, 0.3) is 11.0 Å². The van der Waals surface area contributed by atoms with Gasteiger partial charge in [-0.05, 0) is 30.5 Å². The largest absolute Gasteiger partial charge is 0.427 e. The molecule has 0 spiro atoms. The lowest BCUT2D eigenvalue weighted by molar-refractivity contribution is -0.131. The third-order valence-corrected chi connectivity index (χ3v) is 2.86. The van der Waals surface area contributed by atoms with E-state index in [9.17, 15) is 9.59 Å². The molecule has 100 valence electrons. The molecule has 0 unspecified atom stereocenters. The molecule has 0 atom stereocenters. The summed E-state index contributed by atoms with van der Waals surface area (Å²) >= 11 is 0. The third kappa shape index (κ3) is 3.22. The van der Waals surface area contributed by atoms with Gasteiger partial charge in [0, 0.05) is 24.4 Å². The smallest absolute Gasteiger partial charge is 0.336 e. The van der Waals surface area contributed by atoms with Crippen LogP contribution >= 0.6 is 0 Å². The molecule has 0 aliphatic rings. The Bertz CT molecular complexity index is 655. The molecule has 1 heterocycles. The second-order valence-corrected chi connectivity index (χ2v) is 4.45. The van der Waals surface area contributed by atoms with Crippen LogP contribution in [-0.4, -0.2) is 5.97 Å². The fourth-order valence-electron chi connectivity index (χ4n) is 2.01. The second kappa shape index (κ2) is 5.69. The van der Waals surface area contributed by atoms with Gasteiger partial charge in [-0.2, -0.15) is 0 Å². The number of benzene rings is 1. The average molecular weight is 260 g/mol. The maximum absolute atomic E-state index is 11.5. The van der Waals surface area contributed by atoms with Crippen molar-refractivity contribution in [3.05, 3.63) is 40.2 Å². The minimum Gasteiger partial charge on any atom is -0.427 e. The van der Waals surface area contributed by atoms with Crippen molar-refractivity contribution >= 4 is 16.9 Å². The third-order valence-electron chi connectivity index (χ3n) is 2.86. The van der Waals surface area contributed by atoms with Gasteiger partial charge in [-0.25, -0.2) is 4.79 Å². The van der Waals surface area contributed by atoms with Crippen LogP contribution in [-0.2, 0) is 11.2 Å². The Labute approximate surface area is 111 Å². The number of ether oxygens (including phenoxy) is 1. The summed E-state index contributed by atoms with van der Waals surface area (Å²) in [6.45, 7) is 3.43. The fraction of sp³-hybridized carbons (Fsp3) is 0.333. The summed E-state index contributed by atoms with van der Waals surface area (Å²) in [5.41, 5.74) is 1.05. The van der Waals surface area contributed by atoms with Gasteiger partial charge in [0.05, 0.1) is 0 Å². The van der Waals surface area contributed by atoms with E-state index in [-0.39, 0.29) is 5.63 Å². The second-order valence-electron chi connectivity index (χ2n) is 4.45. The molecule has 0 bridgehead atoms. The van der Waals surface area contributed by atoms with Crippen LogP contribution in [0.2, 0.25) is 0 Å². The predicted molar refractivity (Wildman–Crippen MR) is 72.4 cm³/mol. The molecule has 0 amide bonds. The Morgan fingerprint density at radius 2 is 2.11 bits per heavy atom. The summed E-state index contributed by atoms with van der Waals surface area (Å²) < 4.78 is 10.1. The molecular weight excluding hydrogens is 244 g/mol. The van der Waals surface area contributed by atoms with Gasteiger partial charge in [-0.3, -0.25) is 4.79 Å². The lowest BCUT2D eigenvalue weighted by Crippen LogP contribution is -2.03. The van der Waals surface area contributed by atoms with E-state index in [4.69, 9.17) is 9.15 Å². The number of esters is 1. The Morgan fingerprint density at radius 1 is 1.32 bits per heavy atom. The van der Waals surface area contributed by atoms with Gasteiger partial charge in [0.15, 0.2) is 0 Å². The van der Waals surface area contributed by atoms with Gasteiger partial charge in [-0.15, -0.1) is 0 Å². The molecule has 0 aliphatic heterocycles. The van der Waals surface area contributed by atoms with Crippen molar-refractivity contribution in [2.24, 2.45) is 0 Å². The normalized spacial score (nSPS) is 10.6. The van der Waals surface area contributed by atoms with Crippen LogP contribution in [0.15, 0.2) is 33.5 Å². The molecule has 0 fully saturated rings. The number of carbonyl (C=O) groups excluding carboxylic acids is 1. The quantitative estimate of drug-likeness (QED) is 0.481. The van der Waals surface area contributed by atoms with Gasteiger partial charge in [0.2, 0.25) is 0 Å². The summed E-state index contributed by atoms with van der Waals surface area (Å²) in [4.78, 5) is 22.4. The highest BCUT2D eigenvalue weighted by Crippen LogP contribution is 2.23. The van der Waals surface area contributed by atoms with E-state index in [1.54, 1.807) is 12.1 Å². The van der Waals surface area contributed by atoms with E-state index < -0.39 is 5.97 Å². The monoisotopic (exact) mass is 260 g/mol. The molecular formula is C15H16O4. The van der Waals surface area contributed by atoms with Crippen LogP contribution in [0.1, 0.15) is 32.3 Å². The number of hydrogen-bond acceptors (Lipinski definition) is 4. The van der Waals surface area contributed by atoms with Gasteiger partial charge in [-0.1, -0.05) is 13.3 Å². The molecule has 1 aromatic heterocycles. The highest BCUT2D eigenvalue weighted by molar-refractivity contribution is 5.82. The SMILES string of the molecule is CCCCc1cc(=O)oc2cc(OC(C)=O)ccc12. The van der Waals surface area contributed by atoms with E-state index in [1.165, 1.54) is 13.0 Å². The first-order valence-corrected chi connectivity index (χ1v) is 6.35. The minimum atomic E-state index is -0.399. The molecule has 0 saturated carbocycles. The molecule has 0 saturated heterocycles. The highest BCUT2D eigenvalue weighted by atomic mass is 16.5. The van der Waals surface area contributed by atoms with Gasteiger partial charge >= 0.3 is 11.6 Å². The number of unbranched alkanes of at least 4 members (excludes halogenated alkanes) is 1. The first-order valence-electron chi connectivity index (χ1n) is 6.35. The number of aryl methyl sites for hydroxylation is 1. The lowest BCUT2D eigenvalue weighted by Gasteiger charge is -2.06. The zero-order valence-corrected chi connectivity index (χ0v) is 11.1. The maximum atomic E-state index is 11.5. The van der Waals surface area contributed by atoms with Crippen molar-refractivity contribution in [2.75, 3.05) is 0 Å². The number of carbonyl (C=O) groups is 1. The summed E-state index contributed by atoms with van der Waals surface area (Å²) in [5.74, 6) is -0.0142. The molecule has 4 heteroatoms. The van der Waals surface area contributed by atoms with Crippen molar-refractivity contribution in [1.82, 2.24) is 0 Å². The molecule has 19 heavy (non-hydrogen) atoms. The average Bonchev–Trinajstić information content (AvgIpc) is 2.34. The minimum absolute atomic E-state index is 0.376. The van der Waals surface area contributed by atoms with E-state index in [1.807, 2.05) is 6.07 Å². The van der Waals surface area contributed by atoms with Crippen molar-refractivity contribution in [2.45, 2.75) is 33.1 Å². The van der Waals surface area contributed by atoms with Crippen LogP contribution in [0.4, 0.5) is 0 Å². The van der Waals surface area contributed by atoms with E-state index in [2.05, 4.69) is 6.92 Å². The van der Waals surface area contributed by atoms with Crippen molar-refractivity contribution in [3.63, 3.8) is 0 Å². The Kier molecular flexibility index (Phi) is 4.00. The number of hydrogen-bond donors (Lipinski definition) is 0. The Morgan fingerprint density at radius 3 is 2.79 bits per heavy atom. The van der Waals surface area contributed by atoms with Crippen LogP contribution in [0, 0.1) is 0 Å². The lowest BCUT2D eigenvalue weighted by atomic mass is 10.0. The molecule has 0 aliphatic carbocycles. The Hall–Kier alpha value is -2.10. The maximum Gasteiger partial charge on any atom is 0.336 e. The van der Waals surface area contributed by atoms with Gasteiger partial charge in [0.25, 0.3) is 0 Å². The zero-order valence-electron chi connectivity index (χ0n) is 11.1. The highest BCUT2D eigenvalue weighted by Gasteiger charge is 2.07. The number of fused-ring (bicyclic) bond motifs is 1. The molecule has 1 aromatic carbocycles. The standard InChI is InChI=1S/C15H16O4/c1-3-4-5-11-8-15(17)19-14-9-12(18-10(2)16)6-7-13(11)14/h6-9H,3-5H2,1-2H3. The summed E-state index contributed by atoms with van der Waals surface area (Å²) in [5, 5.41) is 0.893. The van der Waals surface area contributed by atoms with Crippen LogP contribution < -0.4 is 10.4 Å². The zero-order chi connectivity index (χ0) is 13.8. The van der Waals surface area contributed by atoms with Crippen molar-refractivity contribution < 1.29 is 13.9 Å². The van der Waals surface area contributed by atoms with Crippen LogP contribution in [0.5, 0.6) is 5.75 Å². The van der Waals surface area contributed by atoms with Gasteiger partial charge < -0.3 is 9.15 Å². The molecule has 0 N–H and O–H groups in total.